The molecule has 1 heterocycles. The maximum Gasteiger partial charge on any atom is 0.265 e. The van der Waals surface area contributed by atoms with Crippen molar-refractivity contribution in [2.45, 2.75) is 26.9 Å². The van der Waals surface area contributed by atoms with Crippen LogP contribution in [-0.4, -0.2) is 27.2 Å². The first-order valence-electron chi connectivity index (χ1n) is 8.15. The van der Waals surface area contributed by atoms with Crippen LogP contribution in [0.15, 0.2) is 42.5 Å². The Morgan fingerprint density at radius 3 is 2.73 bits per heavy atom. The van der Waals surface area contributed by atoms with Crippen LogP contribution in [0.3, 0.4) is 0 Å². The zero-order valence-electron chi connectivity index (χ0n) is 14.7. The average molecular weight is 371 g/mol. The summed E-state index contributed by atoms with van der Waals surface area (Å²) in [5.74, 6) is 1.69. The summed E-state index contributed by atoms with van der Waals surface area (Å²) in [7, 11) is 0. The molecule has 1 atom stereocenters. The van der Waals surface area contributed by atoms with Crippen molar-refractivity contribution in [2.24, 2.45) is 0 Å². The molecule has 0 spiro atoms. The normalized spacial score (nSPS) is 11.8. The summed E-state index contributed by atoms with van der Waals surface area (Å²) in [6.45, 7) is 5.42. The highest BCUT2D eigenvalue weighted by molar-refractivity contribution is 6.30. The van der Waals surface area contributed by atoms with Crippen LogP contribution in [0.25, 0.3) is 11.4 Å². The molecule has 134 valence electrons. The van der Waals surface area contributed by atoms with Gasteiger partial charge in [0.2, 0.25) is 0 Å². The highest BCUT2D eigenvalue weighted by Crippen LogP contribution is 2.23. The van der Waals surface area contributed by atoms with Crippen molar-refractivity contribution in [2.75, 3.05) is 5.32 Å². The molecule has 2 aromatic carbocycles. The molecule has 1 amide bonds. The van der Waals surface area contributed by atoms with Crippen molar-refractivity contribution < 1.29 is 9.53 Å². The Balaban J connectivity index is 1.69. The van der Waals surface area contributed by atoms with Gasteiger partial charge in [0.15, 0.2) is 11.9 Å². The number of amides is 1. The number of hydrogen-bond acceptors (Lipinski definition) is 4. The minimum Gasteiger partial charge on any atom is -0.481 e. The molecule has 7 heteroatoms. The van der Waals surface area contributed by atoms with E-state index in [0.29, 0.717) is 22.3 Å². The van der Waals surface area contributed by atoms with Crippen molar-refractivity contribution in [1.82, 2.24) is 15.2 Å². The molecule has 0 aliphatic carbocycles. The third kappa shape index (κ3) is 4.21. The molecule has 1 aromatic heterocycles. The second-order valence-electron chi connectivity index (χ2n) is 5.98. The van der Waals surface area contributed by atoms with E-state index in [1.54, 1.807) is 31.2 Å². The molecule has 0 aliphatic rings. The van der Waals surface area contributed by atoms with Gasteiger partial charge in [-0.15, -0.1) is 0 Å². The van der Waals surface area contributed by atoms with E-state index < -0.39 is 6.10 Å². The molecular formula is C19H19ClN4O2. The van der Waals surface area contributed by atoms with Gasteiger partial charge < -0.3 is 10.1 Å². The minimum absolute atomic E-state index is 0.248. The lowest BCUT2D eigenvalue weighted by Crippen LogP contribution is -2.30. The van der Waals surface area contributed by atoms with E-state index in [1.165, 1.54) is 0 Å². The van der Waals surface area contributed by atoms with Crippen molar-refractivity contribution in [3.8, 4) is 17.1 Å². The van der Waals surface area contributed by atoms with Gasteiger partial charge in [-0.1, -0.05) is 23.7 Å². The number of aromatic amines is 1. The third-order valence-corrected chi connectivity index (χ3v) is 4.03. The first kappa shape index (κ1) is 17.9. The zero-order chi connectivity index (χ0) is 18.7. The predicted molar refractivity (Wildman–Crippen MR) is 101 cm³/mol. The largest absolute Gasteiger partial charge is 0.481 e. The van der Waals surface area contributed by atoms with E-state index >= 15 is 0 Å². The quantitative estimate of drug-likeness (QED) is 0.707. The number of nitrogens with one attached hydrogen (secondary N) is 2. The molecule has 0 unspecified atom stereocenters. The smallest absolute Gasteiger partial charge is 0.265 e. The van der Waals surface area contributed by atoms with Gasteiger partial charge in [-0.3, -0.25) is 9.89 Å². The number of H-pyrrole nitrogens is 1. The number of carbonyl (C=O) groups excluding carboxylic acids is 1. The van der Waals surface area contributed by atoms with Crippen LogP contribution in [0.5, 0.6) is 5.75 Å². The molecule has 0 fully saturated rings. The highest BCUT2D eigenvalue weighted by Gasteiger charge is 2.16. The summed E-state index contributed by atoms with van der Waals surface area (Å²) in [6, 6.07) is 12.6. The van der Waals surface area contributed by atoms with Crippen LogP contribution in [0.2, 0.25) is 5.02 Å². The third-order valence-electron chi connectivity index (χ3n) is 3.80. The number of aryl methyl sites for hydroxylation is 2. The lowest BCUT2D eigenvalue weighted by Gasteiger charge is -2.16. The minimum atomic E-state index is -0.663. The summed E-state index contributed by atoms with van der Waals surface area (Å²) in [6.07, 6.45) is -0.663. The molecule has 3 rings (SSSR count). The number of nitrogens with zero attached hydrogens (tertiary/aromatic N) is 2. The van der Waals surface area contributed by atoms with Gasteiger partial charge >= 0.3 is 0 Å². The molecule has 0 saturated heterocycles. The molecule has 0 radical (unpaired) electrons. The lowest BCUT2D eigenvalue weighted by molar-refractivity contribution is -0.122. The van der Waals surface area contributed by atoms with Crippen LogP contribution < -0.4 is 10.1 Å². The number of aromatic nitrogens is 3. The summed E-state index contributed by atoms with van der Waals surface area (Å²) >= 11 is 5.94. The van der Waals surface area contributed by atoms with Gasteiger partial charge in [0.25, 0.3) is 5.91 Å². The second-order valence-corrected chi connectivity index (χ2v) is 6.42. The number of carbonyl (C=O) groups is 1. The van der Waals surface area contributed by atoms with Crippen LogP contribution in [-0.2, 0) is 4.79 Å². The molecule has 2 N–H and O–H groups in total. The maximum atomic E-state index is 12.4. The SMILES string of the molecule is Cc1nc(-c2cccc(NC(=O)[C@H](C)Oc3ccc(Cl)cc3C)c2)n[nH]1. The first-order chi connectivity index (χ1) is 12.4. The number of ether oxygens (including phenoxy) is 1. The summed E-state index contributed by atoms with van der Waals surface area (Å²) in [5.41, 5.74) is 2.34. The van der Waals surface area contributed by atoms with E-state index in [9.17, 15) is 4.79 Å². The van der Waals surface area contributed by atoms with E-state index in [1.807, 2.05) is 32.0 Å². The van der Waals surface area contributed by atoms with E-state index in [2.05, 4.69) is 20.5 Å². The fourth-order valence-corrected chi connectivity index (χ4v) is 2.67. The first-order valence-corrected chi connectivity index (χ1v) is 8.53. The Hall–Kier alpha value is -2.86. The van der Waals surface area contributed by atoms with Gasteiger partial charge in [-0.25, -0.2) is 4.98 Å². The van der Waals surface area contributed by atoms with E-state index in [4.69, 9.17) is 16.3 Å². The number of hydrogen-bond donors (Lipinski definition) is 2. The van der Waals surface area contributed by atoms with Crippen LogP contribution >= 0.6 is 11.6 Å². The molecule has 0 saturated carbocycles. The average Bonchev–Trinajstić information content (AvgIpc) is 3.04. The fourth-order valence-electron chi connectivity index (χ4n) is 2.44. The van der Waals surface area contributed by atoms with Crippen molar-refractivity contribution in [1.29, 1.82) is 0 Å². The molecule has 3 aromatic rings. The van der Waals surface area contributed by atoms with Crippen molar-refractivity contribution in [3.63, 3.8) is 0 Å². The summed E-state index contributed by atoms with van der Waals surface area (Å²) in [4.78, 5) is 16.7. The van der Waals surface area contributed by atoms with Gasteiger partial charge in [0, 0.05) is 16.3 Å². The number of rotatable bonds is 5. The lowest BCUT2D eigenvalue weighted by atomic mass is 10.2. The Bertz CT molecular complexity index is 939. The highest BCUT2D eigenvalue weighted by atomic mass is 35.5. The van der Waals surface area contributed by atoms with Gasteiger partial charge in [-0.05, 0) is 56.7 Å². The Kier molecular flexibility index (Phi) is 5.23. The standard InChI is InChI=1S/C19H19ClN4O2/c1-11-9-15(20)7-8-17(11)26-12(2)19(25)22-16-6-4-5-14(10-16)18-21-13(3)23-24-18/h4-10,12H,1-3H3,(H,22,25)(H,21,23,24)/t12-/m0/s1. The van der Waals surface area contributed by atoms with Crippen molar-refractivity contribution >= 4 is 23.2 Å². The zero-order valence-corrected chi connectivity index (χ0v) is 15.5. The maximum absolute atomic E-state index is 12.4. The predicted octanol–water partition coefficient (Wildman–Crippen LogP) is 4.15. The Morgan fingerprint density at radius 1 is 1.23 bits per heavy atom. The van der Waals surface area contributed by atoms with Gasteiger partial charge in [-0.2, -0.15) is 5.10 Å². The molecule has 26 heavy (non-hydrogen) atoms. The van der Waals surface area contributed by atoms with E-state index in [-0.39, 0.29) is 5.91 Å². The second kappa shape index (κ2) is 7.58. The van der Waals surface area contributed by atoms with Gasteiger partial charge in [0.1, 0.15) is 11.6 Å². The Labute approximate surface area is 156 Å². The van der Waals surface area contributed by atoms with Gasteiger partial charge in [0.05, 0.1) is 0 Å². The molecule has 0 aliphatic heterocycles. The number of benzene rings is 2. The van der Waals surface area contributed by atoms with Crippen LogP contribution in [0, 0.1) is 13.8 Å². The molecular weight excluding hydrogens is 352 g/mol. The van der Waals surface area contributed by atoms with Crippen LogP contribution in [0.1, 0.15) is 18.3 Å². The fraction of sp³-hybridized carbons (Fsp3) is 0.211. The molecule has 0 bridgehead atoms. The Morgan fingerprint density at radius 2 is 2.04 bits per heavy atom. The van der Waals surface area contributed by atoms with E-state index in [0.717, 1.165) is 17.0 Å². The molecule has 6 nitrogen and oxygen atoms in total. The monoisotopic (exact) mass is 370 g/mol. The number of anilines is 1. The topological polar surface area (TPSA) is 79.9 Å². The summed E-state index contributed by atoms with van der Waals surface area (Å²) < 4.78 is 5.75. The van der Waals surface area contributed by atoms with Crippen LogP contribution in [0.4, 0.5) is 5.69 Å². The number of halogens is 1. The van der Waals surface area contributed by atoms with Crippen molar-refractivity contribution in [3.05, 3.63) is 58.9 Å². The summed E-state index contributed by atoms with van der Waals surface area (Å²) in [5, 5.41) is 10.4.